The van der Waals surface area contributed by atoms with Gasteiger partial charge in [0.05, 0.1) is 16.8 Å². The van der Waals surface area contributed by atoms with Gasteiger partial charge in [0, 0.05) is 30.2 Å². The molecule has 1 aromatic carbocycles. The zero-order chi connectivity index (χ0) is 20.7. The number of rotatable bonds is 4. The van der Waals surface area contributed by atoms with Crippen molar-refractivity contribution in [3.05, 3.63) is 45.4 Å². The summed E-state index contributed by atoms with van der Waals surface area (Å²) in [5.41, 5.74) is 1.94. The number of fused-ring (bicyclic) bond motifs is 1. The highest BCUT2D eigenvalue weighted by molar-refractivity contribution is 6.36. The van der Waals surface area contributed by atoms with Gasteiger partial charge in [-0.15, -0.1) is 20.4 Å². The first-order chi connectivity index (χ1) is 14.6. The van der Waals surface area contributed by atoms with Gasteiger partial charge in [0.25, 0.3) is 0 Å². The van der Waals surface area contributed by atoms with Crippen LogP contribution in [0.4, 0.5) is 15.9 Å². The van der Waals surface area contributed by atoms with Crippen LogP contribution in [0.25, 0.3) is 11.5 Å². The van der Waals surface area contributed by atoms with Gasteiger partial charge in [-0.3, -0.25) is 0 Å². The second kappa shape index (κ2) is 7.98. The van der Waals surface area contributed by atoms with E-state index in [0.29, 0.717) is 47.6 Å². The molecule has 0 radical (unpaired) electrons. The summed E-state index contributed by atoms with van der Waals surface area (Å²) in [6.07, 6.45) is 2.14. The van der Waals surface area contributed by atoms with Crippen molar-refractivity contribution in [1.29, 1.82) is 0 Å². The summed E-state index contributed by atoms with van der Waals surface area (Å²) < 4.78 is 14.0. The summed E-state index contributed by atoms with van der Waals surface area (Å²) >= 11 is 12.5. The van der Waals surface area contributed by atoms with Crippen molar-refractivity contribution >= 4 is 34.7 Å². The minimum Gasteiger partial charge on any atom is -0.365 e. The molecule has 8 nitrogen and oxygen atoms in total. The zero-order valence-corrected chi connectivity index (χ0v) is 17.4. The van der Waals surface area contributed by atoms with Gasteiger partial charge in [0.2, 0.25) is 0 Å². The van der Waals surface area contributed by atoms with Gasteiger partial charge in [0.1, 0.15) is 17.3 Å². The first-order valence-electron chi connectivity index (χ1n) is 9.75. The SMILES string of the molecule is Fc1ccc(Cl)c(CN2CCNc3nnc(-c4nnc(C5CCCN5)[nH]4)cc32)c1Cl. The van der Waals surface area contributed by atoms with E-state index < -0.39 is 5.82 Å². The number of halogens is 3. The Morgan fingerprint density at radius 2 is 2.03 bits per heavy atom. The molecule has 30 heavy (non-hydrogen) atoms. The summed E-state index contributed by atoms with van der Waals surface area (Å²) in [5, 5.41) is 24.2. The fraction of sp³-hybridized carbons (Fsp3) is 0.368. The Morgan fingerprint density at radius 3 is 2.87 bits per heavy atom. The van der Waals surface area contributed by atoms with Crippen LogP contribution in [-0.2, 0) is 6.54 Å². The molecule has 156 valence electrons. The summed E-state index contributed by atoms with van der Waals surface area (Å²) in [7, 11) is 0. The summed E-state index contributed by atoms with van der Waals surface area (Å²) in [5.74, 6) is 1.51. The lowest BCUT2D eigenvalue weighted by molar-refractivity contribution is 0.608. The molecule has 1 fully saturated rings. The van der Waals surface area contributed by atoms with Crippen molar-refractivity contribution in [1.82, 2.24) is 30.7 Å². The highest BCUT2D eigenvalue weighted by Crippen LogP contribution is 2.34. The van der Waals surface area contributed by atoms with Gasteiger partial charge in [0.15, 0.2) is 11.6 Å². The number of aromatic amines is 1. The van der Waals surface area contributed by atoms with E-state index in [9.17, 15) is 4.39 Å². The van der Waals surface area contributed by atoms with Crippen LogP contribution in [0.3, 0.4) is 0 Å². The lowest BCUT2D eigenvalue weighted by Crippen LogP contribution is -2.34. The highest BCUT2D eigenvalue weighted by Gasteiger charge is 2.24. The Labute approximate surface area is 182 Å². The Morgan fingerprint density at radius 1 is 1.13 bits per heavy atom. The van der Waals surface area contributed by atoms with E-state index in [1.54, 1.807) is 0 Å². The number of H-pyrrole nitrogens is 1. The van der Waals surface area contributed by atoms with E-state index in [1.165, 1.54) is 12.1 Å². The first-order valence-corrected chi connectivity index (χ1v) is 10.5. The third-order valence-electron chi connectivity index (χ3n) is 5.41. The molecule has 0 bridgehead atoms. The van der Waals surface area contributed by atoms with Crippen LogP contribution in [0.5, 0.6) is 0 Å². The molecule has 3 N–H and O–H groups in total. The van der Waals surface area contributed by atoms with Gasteiger partial charge < -0.3 is 20.5 Å². The second-order valence-electron chi connectivity index (χ2n) is 7.34. The first kappa shape index (κ1) is 19.5. The summed E-state index contributed by atoms with van der Waals surface area (Å²) in [6.45, 7) is 2.68. The Hall–Kier alpha value is -2.49. The molecule has 4 heterocycles. The van der Waals surface area contributed by atoms with Crippen LogP contribution < -0.4 is 15.5 Å². The Kier molecular flexibility index (Phi) is 5.18. The number of anilines is 2. The molecule has 0 aliphatic carbocycles. The van der Waals surface area contributed by atoms with Crippen molar-refractivity contribution in [3.63, 3.8) is 0 Å². The van der Waals surface area contributed by atoms with E-state index in [-0.39, 0.29) is 11.1 Å². The quantitative estimate of drug-likeness (QED) is 0.525. The van der Waals surface area contributed by atoms with E-state index in [1.807, 2.05) is 11.0 Å². The molecule has 0 amide bonds. The number of benzene rings is 1. The highest BCUT2D eigenvalue weighted by atomic mass is 35.5. The van der Waals surface area contributed by atoms with Crippen LogP contribution in [0, 0.1) is 5.82 Å². The largest absolute Gasteiger partial charge is 0.365 e. The molecule has 11 heteroatoms. The van der Waals surface area contributed by atoms with Gasteiger partial charge in [-0.2, -0.15) is 0 Å². The fourth-order valence-electron chi connectivity index (χ4n) is 3.83. The second-order valence-corrected chi connectivity index (χ2v) is 8.13. The molecule has 1 atom stereocenters. The van der Waals surface area contributed by atoms with Crippen LogP contribution in [-0.4, -0.2) is 45.0 Å². The molecule has 5 rings (SSSR count). The molecular formula is C19H19Cl2FN8. The average Bonchev–Trinajstić information content (AvgIpc) is 3.45. The zero-order valence-electron chi connectivity index (χ0n) is 15.9. The van der Waals surface area contributed by atoms with Crippen molar-refractivity contribution in [2.75, 3.05) is 29.9 Å². The molecule has 1 saturated heterocycles. The summed E-state index contributed by atoms with van der Waals surface area (Å²) in [6, 6.07) is 4.86. The predicted molar refractivity (Wildman–Crippen MR) is 113 cm³/mol. The van der Waals surface area contributed by atoms with Gasteiger partial charge >= 0.3 is 0 Å². The van der Waals surface area contributed by atoms with Gasteiger partial charge in [-0.05, 0) is 37.6 Å². The van der Waals surface area contributed by atoms with Crippen molar-refractivity contribution in [3.8, 4) is 11.5 Å². The third-order valence-corrected chi connectivity index (χ3v) is 6.18. The molecule has 2 aromatic heterocycles. The normalized spacial score (nSPS) is 18.4. The summed E-state index contributed by atoms with van der Waals surface area (Å²) in [4.78, 5) is 5.30. The van der Waals surface area contributed by atoms with Gasteiger partial charge in [-0.25, -0.2) is 4.39 Å². The maximum atomic E-state index is 14.0. The predicted octanol–water partition coefficient (Wildman–Crippen LogP) is 3.56. The molecule has 2 aliphatic rings. The van der Waals surface area contributed by atoms with Crippen LogP contribution in [0.2, 0.25) is 10.0 Å². The number of nitrogens with one attached hydrogen (secondary N) is 3. The van der Waals surface area contributed by atoms with Crippen molar-refractivity contribution in [2.24, 2.45) is 0 Å². The fourth-order valence-corrected chi connectivity index (χ4v) is 4.32. The maximum Gasteiger partial charge on any atom is 0.182 e. The Bertz CT molecular complexity index is 1080. The number of hydrogen-bond donors (Lipinski definition) is 3. The van der Waals surface area contributed by atoms with Crippen molar-refractivity contribution < 1.29 is 4.39 Å². The number of aromatic nitrogens is 5. The van der Waals surface area contributed by atoms with Crippen LogP contribution >= 0.6 is 23.2 Å². The standard InChI is InChI=1S/C19H19Cl2FN8/c20-11-3-4-12(22)16(21)10(11)9-30-7-6-24-19-15(30)8-14(26-29-19)18-25-17(27-28-18)13-2-1-5-23-13/h3-4,8,13,23H,1-2,5-7,9H2,(H,24,29)(H,25,27,28). The third kappa shape index (κ3) is 3.57. The lowest BCUT2D eigenvalue weighted by atomic mass is 10.1. The minimum absolute atomic E-state index is 0.0359. The van der Waals surface area contributed by atoms with E-state index in [0.717, 1.165) is 30.9 Å². The smallest absolute Gasteiger partial charge is 0.182 e. The minimum atomic E-state index is -0.491. The molecule has 2 aliphatic heterocycles. The number of nitrogens with zero attached hydrogens (tertiary/aromatic N) is 5. The average molecular weight is 449 g/mol. The number of hydrogen-bond acceptors (Lipinski definition) is 7. The van der Waals surface area contributed by atoms with Crippen LogP contribution in [0.15, 0.2) is 18.2 Å². The van der Waals surface area contributed by atoms with Gasteiger partial charge in [-0.1, -0.05) is 23.2 Å². The van der Waals surface area contributed by atoms with E-state index in [4.69, 9.17) is 23.2 Å². The van der Waals surface area contributed by atoms with Crippen LogP contribution in [0.1, 0.15) is 30.3 Å². The molecule has 1 unspecified atom stereocenters. The van der Waals surface area contributed by atoms with Crippen molar-refractivity contribution in [2.45, 2.75) is 25.4 Å². The molecule has 0 saturated carbocycles. The lowest BCUT2D eigenvalue weighted by Gasteiger charge is -2.31. The Balaban J connectivity index is 1.46. The molecular weight excluding hydrogens is 430 g/mol. The maximum absolute atomic E-state index is 14.0. The van der Waals surface area contributed by atoms with E-state index in [2.05, 4.69) is 36.0 Å². The monoisotopic (exact) mass is 448 g/mol. The molecule has 3 aromatic rings. The van der Waals surface area contributed by atoms with E-state index >= 15 is 0 Å². The molecule has 0 spiro atoms. The topological polar surface area (TPSA) is 94.7 Å².